The van der Waals surface area contributed by atoms with Crippen LogP contribution in [0.5, 0.6) is 0 Å². The van der Waals surface area contributed by atoms with Crippen LogP contribution in [0.15, 0.2) is 72.8 Å². The Morgan fingerprint density at radius 2 is 1.71 bits per heavy atom. The van der Waals surface area contributed by atoms with Gasteiger partial charge in [0.05, 0.1) is 26.2 Å². The Kier molecular flexibility index (Phi) is 9.21. The zero-order chi connectivity index (χ0) is 25.8. The Balaban J connectivity index is 0.00000336. The summed E-state index contributed by atoms with van der Waals surface area (Å²) in [5.74, 6) is -1.45. The summed E-state index contributed by atoms with van der Waals surface area (Å²) in [4.78, 5) is 15.1. The highest BCUT2D eigenvalue weighted by Crippen LogP contribution is 2.36. The van der Waals surface area contributed by atoms with Crippen LogP contribution >= 0.6 is 0 Å². The Morgan fingerprint density at radius 3 is 2.42 bits per heavy atom. The van der Waals surface area contributed by atoms with E-state index < -0.39 is 17.7 Å². The number of ether oxygens (including phenoxy) is 1. The zero-order valence-electron chi connectivity index (χ0n) is 21.8. The number of amides is 1. The molecule has 1 amide bonds. The Hall–Kier alpha value is -2.77. The van der Waals surface area contributed by atoms with Gasteiger partial charge in [-0.1, -0.05) is 48.5 Å². The Labute approximate surface area is 234 Å². The fourth-order valence-corrected chi connectivity index (χ4v) is 6.00. The first-order valence-electron chi connectivity index (χ1n) is 13.3. The topological polar surface area (TPSA) is 29.5 Å². The van der Waals surface area contributed by atoms with E-state index in [-0.39, 0.29) is 29.6 Å². The lowest BCUT2D eigenvalue weighted by atomic mass is 9.83. The minimum atomic E-state index is -0.922. The molecule has 3 aromatic carbocycles. The molecule has 0 aromatic heterocycles. The number of piperidine rings is 3. The van der Waals surface area contributed by atoms with Crippen LogP contribution in [0.3, 0.4) is 0 Å². The third-order valence-corrected chi connectivity index (χ3v) is 8.09. The molecule has 3 aliphatic rings. The number of benzene rings is 3. The highest BCUT2D eigenvalue weighted by atomic mass is 79.9. The van der Waals surface area contributed by atoms with Crippen molar-refractivity contribution in [2.75, 3.05) is 31.1 Å². The average molecular weight is 586 g/mol. The number of anilines is 1. The fourth-order valence-electron chi connectivity index (χ4n) is 6.00. The number of halogens is 3. The standard InChI is InChI=1S/C31H35F2N2O2.BrH/c1-23-7-5-11-27(19-23)34(21-25-12-13-28(32)29(33)20-25)31(36)37-30-22-35(17-14-26(30)15-18-35)16-6-10-24-8-3-2-4-9-24;/h2-5,7-9,11-13,19-20,26,30H,6,10,14-18,21-22H2,1H3;1H/q+1;/p-1/t26?,30-,35?;/m0./s1. The largest absolute Gasteiger partial charge is 1.00 e. The second kappa shape index (κ2) is 12.4. The molecule has 0 saturated carbocycles. The summed E-state index contributed by atoms with van der Waals surface area (Å²) in [6.07, 6.45) is 3.74. The third-order valence-electron chi connectivity index (χ3n) is 8.09. The molecule has 0 N–H and O–H groups in total. The lowest BCUT2D eigenvalue weighted by Crippen LogP contribution is -3.00. The van der Waals surface area contributed by atoms with Crippen LogP contribution in [0.25, 0.3) is 0 Å². The van der Waals surface area contributed by atoms with Crippen LogP contribution in [-0.2, 0) is 17.7 Å². The van der Waals surface area contributed by atoms with Crippen LogP contribution in [-0.4, -0.2) is 42.9 Å². The SMILES string of the molecule is Cc1cccc(N(Cc2ccc(F)c(F)c2)C(=O)O[C@H]2C[N+]3(CCCc4ccccc4)CCC2CC3)c1.[Br-]. The van der Waals surface area contributed by atoms with E-state index in [1.807, 2.05) is 37.3 Å². The molecule has 3 aromatic rings. The molecule has 3 heterocycles. The molecule has 1 atom stereocenters. The van der Waals surface area contributed by atoms with E-state index >= 15 is 0 Å². The number of carbonyl (C=O) groups excluding carboxylic acids is 1. The molecule has 202 valence electrons. The highest BCUT2D eigenvalue weighted by Gasteiger charge is 2.47. The van der Waals surface area contributed by atoms with Crippen LogP contribution < -0.4 is 21.9 Å². The maximum atomic E-state index is 13.9. The van der Waals surface area contributed by atoms with E-state index in [0.717, 1.165) is 74.0 Å². The molecular weight excluding hydrogens is 550 g/mol. The van der Waals surface area contributed by atoms with Gasteiger partial charge in [-0.2, -0.15) is 0 Å². The molecule has 3 fully saturated rings. The van der Waals surface area contributed by atoms with Crippen LogP contribution in [0.4, 0.5) is 19.3 Å². The summed E-state index contributed by atoms with van der Waals surface area (Å²) in [6, 6.07) is 21.9. The predicted octanol–water partition coefficient (Wildman–Crippen LogP) is 3.66. The smallest absolute Gasteiger partial charge is 0.415 e. The Morgan fingerprint density at radius 1 is 0.947 bits per heavy atom. The molecule has 4 nitrogen and oxygen atoms in total. The van der Waals surface area contributed by atoms with Gasteiger partial charge in [0.2, 0.25) is 0 Å². The highest BCUT2D eigenvalue weighted by molar-refractivity contribution is 5.87. The molecule has 2 bridgehead atoms. The van der Waals surface area contributed by atoms with E-state index in [0.29, 0.717) is 17.2 Å². The van der Waals surface area contributed by atoms with E-state index in [4.69, 9.17) is 4.74 Å². The molecule has 3 saturated heterocycles. The van der Waals surface area contributed by atoms with E-state index in [9.17, 15) is 13.6 Å². The molecule has 7 heteroatoms. The molecular formula is C31H35BrF2N2O2. The number of fused-ring (bicyclic) bond motifs is 3. The molecule has 0 unspecified atom stereocenters. The van der Waals surface area contributed by atoms with Gasteiger partial charge in [-0.25, -0.2) is 13.6 Å². The number of aryl methyl sites for hydroxylation is 2. The first kappa shape index (κ1) is 28.2. The maximum absolute atomic E-state index is 13.9. The van der Waals surface area contributed by atoms with Gasteiger partial charge < -0.3 is 26.2 Å². The van der Waals surface area contributed by atoms with Gasteiger partial charge in [0.1, 0.15) is 6.54 Å². The van der Waals surface area contributed by atoms with Gasteiger partial charge in [0.25, 0.3) is 0 Å². The number of hydrogen-bond donors (Lipinski definition) is 0. The van der Waals surface area contributed by atoms with Crippen molar-refractivity contribution in [3.63, 3.8) is 0 Å². The summed E-state index contributed by atoms with van der Waals surface area (Å²) in [7, 11) is 0. The number of quaternary nitrogens is 1. The molecule has 0 aliphatic carbocycles. The summed E-state index contributed by atoms with van der Waals surface area (Å²) in [5, 5.41) is 0. The lowest BCUT2D eigenvalue weighted by Gasteiger charge is -2.52. The van der Waals surface area contributed by atoms with E-state index in [1.54, 1.807) is 0 Å². The molecule has 38 heavy (non-hydrogen) atoms. The van der Waals surface area contributed by atoms with Gasteiger partial charge in [-0.15, -0.1) is 0 Å². The van der Waals surface area contributed by atoms with Crippen molar-refractivity contribution < 1.29 is 39.8 Å². The Bertz CT molecular complexity index is 1230. The first-order valence-corrected chi connectivity index (χ1v) is 13.3. The second-order valence-electron chi connectivity index (χ2n) is 10.7. The molecule has 0 spiro atoms. The fraction of sp³-hybridized carbons (Fsp3) is 0.387. The van der Waals surface area contributed by atoms with Gasteiger partial charge in [0, 0.05) is 30.9 Å². The monoisotopic (exact) mass is 584 g/mol. The average Bonchev–Trinajstić information content (AvgIpc) is 2.90. The van der Waals surface area contributed by atoms with Crippen molar-refractivity contribution in [2.45, 2.75) is 45.3 Å². The van der Waals surface area contributed by atoms with Gasteiger partial charge in [-0.05, 0) is 54.3 Å². The second-order valence-corrected chi connectivity index (χ2v) is 10.7. The zero-order valence-corrected chi connectivity index (χ0v) is 23.4. The van der Waals surface area contributed by atoms with Crippen molar-refractivity contribution >= 4 is 11.8 Å². The minimum Gasteiger partial charge on any atom is -1.00 e. The number of hydrogen-bond acceptors (Lipinski definition) is 2. The van der Waals surface area contributed by atoms with Crippen molar-refractivity contribution in [1.29, 1.82) is 0 Å². The third kappa shape index (κ3) is 6.62. The van der Waals surface area contributed by atoms with Gasteiger partial charge in [0.15, 0.2) is 17.7 Å². The summed E-state index contributed by atoms with van der Waals surface area (Å²) in [6.45, 7) is 6.29. The van der Waals surface area contributed by atoms with Gasteiger partial charge >= 0.3 is 6.09 Å². The van der Waals surface area contributed by atoms with Crippen molar-refractivity contribution in [2.24, 2.45) is 5.92 Å². The quantitative estimate of drug-likeness (QED) is 0.378. The molecule has 0 radical (unpaired) electrons. The van der Waals surface area contributed by atoms with Crippen LogP contribution in [0, 0.1) is 24.5 Å². The maximum Gasteiger partial charge on any atom is 0.415 e. The normalized spacial score (nSPS) is 22.0. The summed E-state index contributed by atoms with van der Waals surface area (Å²) in [5.41, 5.74) is 3.56. The minimum absolute atomic E-state index is 0. The van der Waals surface area contributed by atoms with Crippen molar-refractivity contribution in [1.82, 2.24) is 0 Å². The van der Waals surface area contributed by atoms with Crippen LogP contribution in [0.2, 0.25) is 0 Å². The first-order chi connectivity index (χ1) is 17.9. The molecule has 3 aliphatic heterocycles. The summed E-state index contributed by atoms with van der Waals surface area (Å²) < 4.78 is 34.6. The molecule has 6 rings (SSSR count). The number of nitrogens with zero attached hydrogens (tertiary/aromatic N) is 2. The lowest BCUT2D eigenvalue weighted by molar-refractivity contribution is -0.946. The number of carbonyl (C=O) groups is 1. The predicted molar refractivity (Wildman–Crippen MR) is 141 cm³/mol. The van der Waals surface area contributed by atoms with Gasteiger partial charge in [-0.3, -0.25) is 4.90 Å². The van der Waals surface area contributed by atoms with Crippen LogP contribution in [0.1, 0.15) is 36.0 Å². The van der Waals surface area contributed by atoms with E-state index in [1.165, 1.54) is 16.5 Å². The van der Waals surface area contributed by atoms with Crippen molar-refractivity contribution in [3.8, 4) is 0 Å². The van der Waals surface area contributed by atoms with E-state index in [2.05, 4.69) is 24.3 Å². The van der Waals surface area contributed by atoms with Crippen molar-refractivity contribution in [3.05, 3.63) is 101 Å². The number of rotatable bonds is 8. The summed E-state index contributed by atoms with van der Waals surface area (Å²) >= 11 is 0.